The van der Waals surface area contributed by atoms with Gasteiger partial charge in [0.05, 0.1) is 11.0 Å². The van der Waals surface area contributed by atoms with E-state index in [9.17, 15) is 4.79 Å². The molecule has 31 heavy (non-hydrogen) atoms. The van der Waals surface area contributed by atoms with Crippen molar-refractivity contribution in [3.8, 4) is 5.75 Å². The third kappa shape index (κ3) is 6.41. The van der Waals surface area contributed by atoms with E-state index >= 15 is 0 Å². The second-order valence-electron chi connectivity index (χ2n) is 8.23. The third-order valence-electron chi connectivity index (χ3n) is 5.77. The third-order valence-corrected chi connectivity index (χ3v) is 6.62. The van der Waals surface area contributed by atoms with E-state index in [4.69, 9.17) is 4.74 Å². The number of aromatic nitrogens is 1. The number of pyridine rings is 1. The first kappa shape index (κ1) is 21.6. The topological polar surface area (TPSA) is 42.4 Å². The van der Waals surface area contributed by atoms with Crippen LogP contribution in [0.15, 0.2) is 66.3 Å². The van der Waals surface area contributed by atoms with Gasteiger partial charge in [0, 0.05) is 25.5 Å². The molecule has 1 amide bonds. The van der Waals surface area contributed by atoms with Gasteiger partial charge in [-0.3, -0.25) is 9.78 Å². The van der Waals surface area contributed by atoms with Crippen molar-refractivity contribution in [3.05, 3.63) is 82.3 Å². The molecule has 0 radical (unpaired) electrons. The van der Waals surface area contributed by atoms with Crippen LogP contribution in [0.3, 0.4) is 0 Å². The summed E-state index contributed by atoms with van der Waals surface area (Å²) in [4.78, 5) is 19.9. The lowest BCUT2D eigenvalue weighted by Gasteiger charge is -2.23. The maximum atomic E-state index is 13.1. The molecule has 0 bridgehead atoms. The van der Waals surface area contributed by atoms with Crippen molar-refractivity contribution in [2.45, 2.75) is 64.1 Å². The van der Waals surface area contributed by atoms with Gasteiger partial charge in [-0.1, -0.05) is 43.5 Å². The van der Waals surface area contributed by atoms with Gasteiger partial charge in [0.1, 0.15) is 5.75 Å². The van der Waals surface area contributed by atoms with Crippen LogP contribution in [0.2, 0.25) is 0 Å². The minimum atomic E-state index is 0.0497. The number of nitrogens with zero attached hydrogens (tertiary/aromatic N) is 2. The number of thiophene rings is 1. The minimum Gasteiger partial charge on any atom is -0.490 e. The summed E-state index contributed by atoms with van der Waals surface area (Å²) in [6, 6.07) is 16.0. The van der Waals surface area contributed by atoms with Gasteiger partial charge in [0.25, 0.3) is 5.91 Å². The highest BCUT2D eigenvalue weighted by Crippen LogP contribution is 2.24. The number of hydrogen-bond donors (Lipinski definition) is 0. The summed E-state index contributed by atoms with van der Waals surface area (Å²) in [5.74, 6) is 0.978. The second-order valence-corrected chi connectivity index (χ2v) is 9.18. The molecular formula is C26H30N2O2S. The Hall–Kier alpha value is -2.66. The lowest BCUT2D eigenvalue weighted by Crippen LogP contribution is -2.29. The van der Waals surface area contributed by atoms with Gasteiger partial charge >= 0.3 is 0 Å². The number of rotatable bonds is 7. The van der Waals surface area contributed by atoms with Crippen LogP contribution in [0.5, 0.6) is 5.75 Å². The molecule has 4 rings (SSSR count). The first-order valence-corrected chi connectivity index (χ1v) is 12.1. The number of amides is 1. The van der Waals surface area contributed by atoms with Crippen molar-refractivity contribution in [2.75, 3.05) is 0 Å². The van der Waals surface area contributed by atoms with Gasteiger partial charge in [-0.25, -0.2) is 0 Å². The summed E-state index contributed by atoms with van der Waals surface area (Å²) in [5, 5.41) is 1.94. The van der Waals surface area contributed by atoms with Crippen LogP contribution in [0, 0.1) is 0 Å². The molecule has 0 atom stereocenters. The van der Waals surface area contributed by atoms with Gasteiger partial charge in [0.15, 0.2) is 0 Å². The highest BCUT2D eigenvalue weighted by atomic mass is 32.1. The molecule has 0 saturated heterocycles. The van der Waals surface area contributed by atoms with Gasteiger partial charge < -0.3 is 9.64 Å². The molecule has 0 aliphatic heterocycles. The fourth-order valence-corrected chi connectivity index (χ4v) is 4.78. The quantitative estimate of drug-likeness (QED) is 0.427. The van der Waals surface area contributed by atoms with Crippen LogP contribution in [0.4, 0.5) is 0 Å². The first-order chi connectivity index (χ1) is 15.3. The Morgan fingerprint density at radius 2 is 1.68 bits per heavy atom. The van der Waals surface area contributed by atoms with Gasteiger partial charge in [0.2, 0.25) is 0 Å². The molecule has 2 aromatic heterocycles. The second kappa shape index (κ2) is 11.1. The number of carbonyl (C=O) groups excluding carboxylic acids is 1. The average molecular weight is 435 g/mol. The zero-order valence-electron chi connectivity index (χ0n) is 17.9. The van der Waals surface area contributed by atoms with Crippen LogP contribution in [-0.2, 0) is 13.1 Å². The van der Waals surface area contributed by atoms with Crippen molar-refractivity contribution >= 4 is 17.2 Å². The molecule has 1 fully saturated rings. The standard InChI is InChI=1S/C26H30N2O2S/c29-26(25-11-7-17-31-25)28(20-22-8-6-16-27-18-22)19-21-12-14-24(15-13-21)30-23-9-4-2-1-3-5-10-23/h6-8,11-18,23H,1-5,9-10,19-20H2. The predicted octanol–water partition coefficient (Wildman–Crippen LogP) is 6.48. The molecule has 0 spiro atoms. The molecule has 1 aliphatic rings. The zero-order valence-corrected chi connectivity index (χ0v) is 18.7. The van der Waals surface area contributed by atoms with Crippen LogP contribution in [0.1, 0.15) is 65.7 Å². The molecule has 2 heterocycles. The van der Waals surface area contributed by atoms with Crippen LogP contribution >= 0.6 is 11.3 Å². The van der Waals surface area contributed by atoms with Crippen LogP contribution < -0.4 is 4.74 Å². The van der Waals surface area contributed by atoms with Crippen molar-refractivity contribution in [2.24, 2.45) is 0 Å². The summed E-state index contributed by atoms with van der Waals surface area (Å²) in [6.45, 7) is 1.08. The highest BCUT2D eigenvalue weighted by Gasteiger charge is 2.18. The van der Waals surface area contributed by atoms with Gasteiger partial charge in [-0.05, 0) is 66.5 Å². The Labute approximate surface area is 188 Å². The number of benzene rings is 1. The van der Waals surface area contributed by atoms with E-state index in [0.29, 0.717) is 19.2 Å². The fourth-order valence-electron chi connectivity index (χ4n) is 4.09. The summed E-state index contributed by atoms with van der Waals surface area (Å²) in [5.41, 5.74) is 2.12. The molecule has 3 aromatic rings. The Balaban J connectivity index is 1.43. The maximum Gasteiger partial charge on any atom is 0.264 e. The van der Waals surface area contributed by atoms with Gasteiger partial charge in [-0.15, -0.1) is 11.3 Å². The zero-order chi connectivity index (χ0) is 21.3. The molecule has 4 nitrogen and oxygen atoms in total. The molecular weight excluding hydrogens is 404 g/mol. The summed E-state index contributed by atoms with van der Waals surface area (Å²) >= 11 is 1.48. The highest BCUT2D eigenvalue weighted by molar-refractivity contribution is 7.12. The predicted molar refractivity (Wildman–Crippen MR) is 125 cm³/mol. The largest absolute Gasteiger partial charge is 0.490 e. The average Bonchev–Trinajstić information content (AvgIpc) is 3.31. The summed E-state index contributed by atoms with van der Waals surface area (Å²) < 4.78 is 6.27. The summed E-state index contributed by atoms with van der Waals surface area (Å²) in [6.07, 6.45) is 12.7. The SMILES string of the molecule is O=C(c1cccs1)N(Cc1ccc(OC2CCCCCCC2)cc1)Cc1cccnc1. The molecule has 0 N–H and O–H groups in total. The monoisotopic (exact) mass is 434 g/mol. The lowest BCUT2D eigenvalue weighted by molar-refractivity contribution is 0.0735. The van der Waals surface area contributed by atoms with Crippen molar-refractivity contribution < 1.29 is 9.53 Å². The fraction of sp³-hybridized carbons (Fsp3) is 0.385. The van der Waals surface area contributed by atoms with E-state index in [1.165, 1.54) is 43.4 Å². The van der Waals surface area contributed by atoms with Crippen molar-refractivity contribution in [1.82, 2.24) is 9.88 Å². The smallest absolute Gasteiger partial charge is 0.264 e. The molecule has 1 aliphatic carbocycles. The number of hydrogen-bond acceptors (Lipinski definition) is 4. The first-order valence-electron chi connectivity index (χ1n) is 11.3. The minimum absolute atomic E-state index is 0.0497. The maximum absolute atomic E-state index is 13.1. The lowest BCUT2D eigenvalue weighted by atomic mass is 9.98. The van der Waals surface area contributed by atoms with E-state index in [1.807, 2.05) is 52.9 Å². The molecule has 162 valence electrons. The van der Waals surface area contributed by atoms with Crippen molar-refractivity contribution in [1.29, 1.82) is 0 Å². The number of carbonyl (C=O) groups is 1. The van der Waals surface area contributed by atoms with E-state index in [0.717, 1.165) is 34.6 Å². The van der Waals surface area contributed by atoms with Gasteiger partial charge in [-0.2, -0.15) is 0 Å². The van der Waals surface area contributed by atoms with Crippen LogP contribution in [0.25, 0.3) is 0 Å². The van der Waals surface area contributed by atoms with E-state index in [1.54, 1.807) is 6.20 Å². The van der Waals surface area contributed by atoms with Crippen LogP contribution in [-0.4, -0.2) is 21.9 Å². The van der Waals surface area contributed by atoms with E-state index < -0.39 is 0 Å². The van der Waals surface area contributed by atoms with Crippen molar-refractivity contribution in [3.63, 3.8) is 0 Å². The Kier molecular flexibility index (Phi) is 7.72. The normalized spacial score (nSPS) is 15.1. The Bertz CT molecular complexity index is 918. The Morgan fingerprint density at radius 3 is 2.35 bits per heavy atom. The van der Waals surface area contributed by atoms with E-state index in [-0.39, 0.29) is 5.91 Å². The summed E-state index contributed by atoms with van der Waals surface area (Å²) in [7, 11) is 0. The molecule has 1 aromatic carbocycles. The van der Waals surface area contributed by atoms with E-state index in [2.05, 4.69) is 17.1 Å². The Morgan fingerprint density at radius 1 is 0.935 bits per heavy atom. The molecule has 0 unspecified atom stereocenters. The number of ether oxygens (including phenoxy) is 1. The molecule has 1 saturated carbocycles. The molecule has 5 heteroatoms.